The second kappa shape index (κ2) is 7.20. The molecule has 2 aromatic carbocycles. The second-order valence-corrected chi connectivity index (χ2v) is 6.37. The van der Waals surface area contributed by atoms with E-state index in [0.29, 0.717) is 6.42 Å². The van der Waals surface area contributed by atoms with Crippen molar-refractivity contribution in [3.8, 4) is 5.75 Å². The molecule has 0 aromatic heterocycles. The molecule has 1 saturated heterocycles. The van der Waals surface area contributed by atoms with Crippen LogP contribution in [0, 0.1) is 5.92 Å². The van der Waals surface area contributed by atoms with Gasteiger partial charge in [0.1, 0.15) is 5.75 Å². The minimum Gasteiger partial charge on any atom is -0.496 e. The molecule has 1 amide bonds. The van der Waals surface area contributed by atoms with E-state index in [1.807, 2.05) is 18.2 Å². The molecule has 5 nitrogen and oxygen atoms in total. The number of carbonyl (C=O) groups excluding carboxylic acids is 1. The molecule has 0 bridgehead atoms. The van der Waals surface area contributed by atoms with Crippen molar-refractivity contribution in [1.29, 1.82) is 0 Å². The third-order valence-corrected chi connectivity index (χ3v) is 4.82. The van der Waals surface area contributed by atoms with E-state index < -0.39 is 0 Å². The van der Waals surface area contributed by atoms with E-state index in [4.69, 9.17) is 15.2 Å². The molecule has 1 aliphatic rings. The lowest BCUT2D eigenvalue weighted by atomic mass is 10.0. The van der Waals surface area contributed by atoms with Crippen molar-refractivity contribution in [3.05, 3.63) is 42.0 Å². The van der Waals surface area contributed by atoms with Crippen LogP contribution in [0.2, 0.25) is 0 Å². The van der Waals surface area contributed by atoms with Gasteiger partial charge in [-0.2, -0.15) is 0 Å². The molecule has 1 fully saturated rings. The van der Waals surface area contributed by atoms with E-state index in [1.165, 1.54) is 16.3 Å². The Hall–Kier alpha value is -2.11. The van der Waals surface area contributed by atoms with Crippen LogP contribution in [-0.4, -0.2) is 44.2 Å². The number of primary amides is 1. The maximum Gasteiger partial charge on any atom is 0.217 e. The number of methoxy groups -OCH3 is 2. The average Bonchev–Trinajstić information content (AvgIpc) is 2.96. The summed E-state index contributed by atoms with van der Waals surface area (Å²) < 4.78 is 11.1. The minimum absolute atomic E-state index is 0.0403. The second-order valence-electron chi connectivity index (χ2n) is 6.37. The van der Waals surface area contributed by atoms with Crippen LogP contribution in [0.4, 0.5) is 0 Å². The molecule has 5 heteroatoms. The number of carbonyl (C=O) groups is 1. The third kappa shape index (κ3) is 3.37. The van der Waals surface area contributed by atoms with Gasteiger partial charge in [-0.1, -0.05) is 30.3 Å². The zero-order valence-corrected chi connectivity index (χ0v) is 14.2. The number of nitrogens with two attached hydrogens (primary N) is 1. The van der Waals surface area contributed by atoms with Crippen LogP contribution >= 0.6 is 0 Å². The minimum atomic E-state index is -0.272. The Labute approximate surface area is 142 Å². The van der Waals surface area contributed by atoms with Crippen LogP contribution in [0.15, 0.2) is 36.4 Å². The molecule has 2 aromatic rings. The van der Waals surface area contributed by atoms with E-state index >= 15 is 0 Å². The van der Waals surface area contributed by atoms with Gasteiger partial charge in [0, 0.05) is 44.6 Å². The summed E-state index contributed by atoms with van der Waals surface area (Å²) in [5.74, 6) is 0.765. The zero-order chi connectivity index (χ0) is 17.1. The summed E-state index contributed by atoms with van der Waals surface area (Å²) in [6.07, 6.45) is 0.403. The van der Waals surface area contributed by atoms with Gasteiger partial charge in [-0.15, -0.1) is 0 Å². The Bertz CT molecular complexity index is 732. The predicted molar refractivity (Wildman–Crippen MR) is 93.9 cm³/mol. The molecule has 2 N–H and O–H groups in total. The van der Waals surface area contributed by atoms with E-state index in [1.54, 1.807) is 14.2 Å². The lowest BCUT2D eigenvalue weighted by Crippen LogP contribution is -2.26. The summed E-state index contributed by atoms with van der Waals surface area (Å²) in [6.45, 7) is 2.36. The van der Waals surface area contributed by atoms with Gasteiger partial charge in [0.25, 0.3) is 0 Å². The van der Waals surface area contributed by atoms with Gasteiger partial charge in [0.2, 0.25) is 5.91 Å². The fraction of sp³-hybridized carbons (Fsp3) is 0.421. The Morgan fingerprint density at radius 2 is 2.00 bits per heavy atom. The van der Waals surface area contributed by atoms with Gasteiger partial charge in [0.05, 0.1) is 13.2 Å². The molecule has 1 aliphatic heterocycles. The number of hydrogen-bond donors (Lipinski definition) is 1. The fourth-order valence-electron chi connectivity index (χ4n) is 3.67. The van der Waals surface area contributed by atoms with Crippen molar-refractivity contribution in [2.45, 2.75) is 19.1 Å². The van der Waals surface area contributed by atoms with Crippen molar-refractivity contribution < 1.29 is 14.3 Å². The van der Waals surface area contributed by atoms with Crippen LogP contribution in [0.1, 0.15) is 12.0 Å². The molecule has 2 atom stereocenters. The highest BCUT2D eigenvalue weighted by Crippen LogP contribution is 2.31. The average molecular weight is 328 g/mol. The number of hydrogen-bond acceptors (Lipinski definition) is 4. The van der Waals surface area contributed by atoms with Crippen molar-refractivity contribution in [1.82, 2.24) is 4.90 Å². The predicted octanol–water partition coefficient (Wildman–Crippen LogP) is 2.17. The largest absolute Gasteiger partial charge is 0.496 e. The molecule has 0 spiro atoms. The summed E-state index contributed by atoms with van der Waals surface area (Å²) in [6, 6.07) is 12.4. The van der Waals surface area contributed by atoms with Gasteiger partial charge in [0.15, 0.2) is 0 Å². The summed E-state index contributed by atoms with van der Waals surface area (Å²) in [7, 11) is 3.39. The van der Waals surface area contributed by atoms with Gasteiger partial charge in [-0.3, -0.25) is 9.69 Å². The molecule has 128 valence electrons. The van der Waals surface area contributed by atoms with Gasteiger partial charge in [-0.05, 0) is 16.8 Å². The Kier molecular flexibility index (Phi) is 5.02. The van der Waals surface area contributed by atoms with E-state index in [-0.39, 0.29) is 17.9 Å². The quantitative estimate of drug-likeness (QED) is 0.883. The van der Waals surface area contributed by atoms with E-state index in [2.05, 4.69) is 23.1 Å². The highest BCUT2D eigenvalue weighted by Gasteiger charge is 2.34. The molecular formula is C19H24N2O3. The van der Waals surface area contributed by atoms with Crippen LogP contribution in [-0.2, 0) is 16.1 Å². The first-order valence-electron chi connectivity index (χ1n) is 8.20. The Balaban J connectivity index is 1.86. The van der Waals surface area contributed by atoms with Crippen LogP contribution in [0.25, 0.3) is 10.8 Å². The first-order valence-corrected chi connectivity index (χ1v) is 8.20. The van der Waals surface area contributed by atoms with Gasteiger partial charge in [-0.25, -0.2) is 0 Å². The third-order valence-electron chi connectivity index (χ3n) is 4.82. The highest BCUT2D eigenvalue weighted by atomic mass is 16.5. The standard InChI is InChI=1S/C19H24N2O3/c1-23-17-8-7-13-5-3-4-6-15(13)16(17)11-21-10-14(9-19(20)22)18(12-21)24-2/h3-8,14,18H,9-12H2,1-2H3,(H2,20,22)/t14-,18+/m1/s1. The normalized spacial score (nSPS) is 21.2. The summed E-state index contributed by atoms with van der Waals surface area (Å²) >= 11 is 0. The van der Waals surface area contributed by atoms with E-state index in [0.717, 1.165) is 25.4 Å². The molecular weight excluding hydrogens is 304 g/mol. The summed E-state index contributed by atoms with van der Waals surface area (Å²) in [5, 5.41) is 2.40. The van der Waals surface area contributed by atoms with Crippen molar-refractivity contribution in [3.63, 3.8) is 0 Å². The number of benzene rings is 2. The van der Waals surface area contributed by atoms with Gasteiger partial charge < -0.3 is 15.2 Å². The number of nitrogens with zero attached hydrogens (tertiary/aromatic N) is 1. The van der Waals surface area contributed by atoms with Crippen molar-refractivity contribution in [2.24, 2.45) is 11.7 Å². The molecule has 1 heterocycles. The van der Waals surface area contributed by atoms with Crippen LogP contribution in [0.5, 0.6) is 5.75 Å². The number of fused-ring (bicyclic) bond motifs is 1. The van der Waals surface area contributed by atoms with E-state index in [9.17, 15) is 4.79 Å². The number of amides is 1. The van der Waals surface area contributed by atoms with Crippen molar-refractivity contribution in [2.75, 3.05) is 27.3 Å². The Morgan fingerprint density at radius 3 is 2.71 bits per heavy atom. The number of likely N-dealkylation sites (tertiary alicyclic amines) is 1. The van der Waals surface area contributed by atoms with Crippen LogP contribution in [0.3, 0.4) is 0 Å². The maximum absolute atomic E-state index is 11.3. The highest BCUT2D eigenvalue weighted by molar-refractivity contribution is 5.87. The Morgan fingerprint density at radius 1 is 1.21 bits per heavy atom. The summed E-state index contributed by atoms with van der Waals surface area (Å²) in [5.41, 5.74) is 6.55. The lowest BCUT2D eigenvalue weighted by Gasteiger charge is -2.19. The number of ether oxygens (including phenoxy) is 2. The first-order chi connectivity index (χ1) is 11.6. The molecule has 0 unspecified atom stereocenters. The monoisotopic (exact) mass is 328 g/mol. The first kappa shape index (κ1) is 16.7. The molecule has 0 radical (unpaired) electrons. The SMILES string of the molecule is COc1ccc2ccccc2c1CN1C[C@@H](CC(N)=O)[C@@H](OC)C1. The molecule has 24 heavy (non-hydrogen) atoms. The smallest absolute Gasteiger partial charge is 0.217 e. The zero-order valence-electron chi connectivity index (χ0n) is 14.2. The fourth-order valence-corrected chi connectivity index (χ4v) is 3.67. The maximum atomic E-state index is 11.3. The molecule has 0 saturated carbocycles. The van der Waals surface area contributed by atoms with Crippen LogP contribution < -0.4 is 10.5 Å². The van der Waals surface area contributed by atoms with Gasteiger partial charge >= 0.3 is 0 Å². The topological polar surface area (TPSA) is 64.8 Å². The lowest BCUT2D eigenvalue weighted by molar-refractivity contribution is -0.119. The van der Waals surface area contributed by atoms with Crippen molar-refractivity contribution >= 4 is 16.7 Å². The number of rotatable bonds is 6. The molecule has 3 rings (SSSR count). The summed E-state index contributed by atoms with van der Waals surface area (Å²) in [4.78, 5) is 13.6. The molecule has 0 aliphatic carbocycles.